The molecule has 0 unspecified atom stereocenters. The zero-order valence-electron chi connectivity index (χ0n) is 13.9. The van der Waals surface area contributed by atoms with Crippen molar-refractivity contribution in [1.82, 2.24) is 15.1 Å². The van der Waals surface area contributed by atoms with Gasteiger partial charge < -0.3 is 4.90 Å². The molecule has 26 heavy (non-hydrogen) atoms. The topological polar surface area (TPSA) is 66.1 Å². The lowest BCUT2D eigenvalue weighted by Crippen LogP contribution is -2.31. The number of halogens is 3. The highest BCUT2D eigenvalue weighted by molar-refractivity contribution is 9.10. The van der Waals surface area contributed by atoms with Crippen LogP contribution in [-0.4, -0.2) is 28.1 Å². The van der Waals surface area contributed by atoms with Gasteiger partial charge in [-0.25, -0.2) is 13.9 Å². The number of fused-ring (bicyclic) bond motifs is 1. The smallest absolute Gasteiger partial charge is 0.272 e. The number of carbonyl (C=O) groups is 1. The zero-order valence-corrected chi connectivity index (χ0v) is 15.5. The van der Waals surface area contributed by atoms with Crippen molar-refractivity contribution in [2.45, 2.75) is 13.0 Å². The molecule has 8 heteroatoms. The van der Waals surface area contributed by atoms with Gasteiger partial charge in [-0.3, -0.25) is 9.59 Å². The summed E-state index contributed by atoms with van der Waals surface area (Å²) in [5.74, 6) is -2.47. The van der Waals surface area contributed by atoms with Gasteiger partial charge in [0.05, 0.1) is 17.1 Å². The van der Waals surface area contributed by atoms with Crippen LogP contribution >= 0.6 is 15.9 Å². The Balaban J connectivity index is 2.04. The monoisotopic (exact) mass is 421 g/mol. The highest BCUT2D eigenvalue weighted by atomic mass is 79.9. The normalized spacial score (nSPS) is 12.2. The lowest BCUT2D eigenvalue weighted by molar-refractivity contribution is 0.0740. The summed E-state index contributed by atoms with van der Waals surface area (Å²) >= 11 is 3.31. The molecule has 2 aromatic carbocycles. The number of benzene rings is 2. The van der Waals surface area contributed by atoms with Gasteiger partial charge in [0, 0.05) is 22.5 Å². The molecule has 3 aromatic rings. The van der Waals surface area contributed by atoms with Gasteiger partial charge in [-0.05, 0) is 43.3 Å². The van der Waals surface area contributed by atoms with Gasteiger partial charge in [0.25, 0.3) is 11.5 Å². The number of hydrogen-bond donors (Lipinski definition) is 1. The molecule has 0 aliphatic rings. The third-order valence-electron chi connectivity index (χ3n) is 4.25. The molecule has 3 rings (SSSR count). The molecule has 0 aliphatic carbocycles. The average Bonchev–Trinajstić information content (AvgIpc) is 2.62. The van der Waals surface area contributed by atoms with Crippen molar-refractivity contribution in [2.75, 3.05) is 7.05 Å². The molecule has 0 aliphatic heterocycles. The quantitative estimate of drug-likeness (QED) is 0.699. The minimum Gasteiger partial charge on any atom is -0.333 e. The molecule has 1 amide bonds. The first-order valence-corrected chi connectivity index (χ1v) is 8.49. The second kappa shape index (κ2) is 6.95. The number of aromatic amines is 1. The predicted octanol–water partition coefficient (Wildman–Crippen LogP) is 3.80. The van der Waals surface area contributed by atoms with E-state index in [1.54, 1.807) is 38.2 Å². The van der Waals surface area contributed by atoms with E-state index in [4.69, 9.17) is 0 Å². The van der Waals surface area contributed by atoms with Gasteiger partial charge >= 0.3 is 0 Å². The number of nitrogens with one attached hydrogen (secondary N) is 1. The van der Waals surface area contributed by atoms with Crippen LogP contribution in [0.25, 0.3) is 10.8 Å². The number of nitrogens with zero attached hydrogens (tertiary/aromatic N) is 2. The SMILES string of the molecule is C[C@@H](c1n[nH]c(=O)c2cc(F)c(F)cc12)N(C)C(=O)c1ccc(Br)cc1. The van der Waals surface area contributed by atoms with Crippen LogP contribution in [0.2, 0.25) is 0 Å². The Morgan fingerprint density at radius 3 is 2.35 bits per heavy atom. The first kappa shape index (κ1) is 18.2. The Labute approximate surface area is 155 Å². The van der Waals surface area contributed by atoms with E-state index in [0.29, 0.717) is 5.56 Å². The molecular weight excluding hydrogens is 408 g/mol. The zero-order chi connectivity index (χ0) is 19.0. The van der Waals surface area contributed by atoms with Gasteiger partial charge in [0.1, 0.15) is 0 Å². The molecule has 1 N–H and O–H groups in total. The molecule has 0 bridgehead atoms. The Morgan fingerprint density at radius 1 is 1.15 bits per heavy atom. The summed E-state index contributed by atoms with van der Waals surface area (Å²) in [7, 11) is 1.58. The van der Waals surface area contributed by atoms with Crippen molar-refractivity contribution in [3.8, 4) is 0 Å². The number of carbonyl (C=O) groups excluding carboxylic acids is 1. The van der Waals surface area contributed by atoms with E-state index in [0.717, 1.165) is 16.6 Å². The standard InChI is InChI=1S/C18H14BrF2N3O2/c1-9(24(2)18(26)10-3-5-11(19)6-4-10)16-12-7-14(20)15(21)8-13(12)17(25)23-22-16/h3-9H,1-2H3,(H,23,25)/t9-/m0/s1. The van der Waals surface area contributed by atoms with Crippen LogP contribution in [-0.2, 0) is 0 Å². The minimum absolute atomic E-state index is 0.0229. The van der Waals surface area contributed by atoms with Gasteiger partial charge in [-0.15, -0.1) is 0 Å². The summed E-state index contributed by atoms with van der Waals surface area (Å²) in [5.41, 5.74) is 0.108. The highest BCUT2D eigenvalue weighted by Gasteiger charge is 2.23. The fourth-order valence-electron chi connectivity index (χ4n) is 2.65. The second-order valence-corrected chi connectivity index (χ2v) is 6.76. The number of aromatic nitrogens is 2. The summed E-state index contributed by atoms with van der Waals surface area (Å²) < 4.78 is 28.0. The molecular formula is C18H14BrF2N3O2. The van der Waals surface area contributed by atoms with Crippen LogP contribution in [0, 0.1) is 11.6 Å². The first-order valence-electron chi connectivity index (χ1n) is 7.69. The Morgan fingerprint density at radius 2 is 1.73 bits per heavy atom. The lowest BCUT2D eigenvalue weighted by Gasteiger charge is -2.25. The van der Waals surface area contributed by atoms with E-state index in [-0.39, 0.29) is 22.4 Å². The Bertz CT molecular complexity index is 1050. The van der Waals surface area contributed by atoms with Gasteiger partial charge in [0.2, 0.25) is 0 Å². The molecule has 0 saturated heterocycles. The molecule has 1 atom stereocenters. The molecule has 0 fully saturated rings. The van der Waals surface area contributed by atoms with E-state index < -0.39 is 23.2 Å². The van der Waals surface area contributed by atoms with Crippen LogP contribution in [0.3, 0.4) is 0 Å². The number of amides is 1. The van der Waals surface area contributed by atoms with Gasteiger partial charge in [-0.2, -0.15) is 5.10 Å². The molecule has 1 aromatic heterocycles. The van der Waals surface area contributed by atoms with E-state index in [2.05, 4.69) is 26.1 Å². The third-order valence-corrected chi connectivity index (χ3v) is 4.78. The van der Waals surface area contributed by atoms with Crippen LogP contribution in [0.15, 0.2) is 45.7 Å². The van der Waals surface area contributed by atoms with Crippen LogP contribution < -0.4 is 5.56 Å². The maximum Gasteiger partial charge on any atom is 0.272 e. The summed E-state index contributed by atoms with van der Waals surface area (Å²) in [6, 6.07) is 8.01. The van der Waals surface area contributed by atoms with Crippen LogP contribution in [0.1, 0.15) is 29.0 Å². The molecule has 0 saturated carbocycles. The third kappa shape index (κ3) is 3.24. The summed E-state index contributed by atoms with van der Waals surface area (Å²) in [6.45, 7) is 1.69. The molecule has 134 valence electrons. The van der Waals surface area contributed by atoms with Crippen molar-refractivity contribution >= 4 is 32.6 Å². The van der Waals surface area contributed by atoms with E-state index >= 15 is 0 Å². The van der Waals surface area contributed by atoms with Crippen molar-refractivity contribution in [1.29, 1.82) is 0 Å². The maximum atomic E-state index is 13.7. The van der Waals surface area contributed by atoms with Crippen molar-refractivity contribution in [3.05, 3.63) is 74.1 Å². The minimum atomic E-state index is -1.12. The fourth-order valence-corrected chi connectivity index (χ4v) is 2.92. The van der Waals surface area contributed by atoms with E-state index in [9.17, 15) is 18.4 Å². The van der Waals surface area contributed by atoms with Crippen molar-refractivity contribution < 1.29 is 13.6 Å². The van der Waals surface area contributed by atoms with Crippen LogP contribution in [0.4, 0.5) is 8.78 Å². The fraction of sp³-hybridized carbons (Fsp3) is 0.167. The van der Waals surface area contributed by atoms with E-state index in [1.165, 1.54) is 4.90 Å². The van der Waals surface area contributed by atoms with Crippen molar-refractivity contribution in [2.24, 2.45) is 0 Å². The first-order chi connectivity index (χ1) is 12.3. The van der Waals surface area contributed by atoms with Gasteiger partial charge in [-0.1, -0.05) is 15.9 Å². The lowest BCUT2D eigenvalue weighted by atomic mass is 10.0. The number of hydrogen-bond acceptors (Lipinski definition) is 3. The largest absolute Gasteiger partial charge is 0.333 e. The van der Waals surface area contributed by atoms with Gasteiger partial charge in [0.15, 0.2) is 11.6 Å². The summed E-state index contributed by atoms with van der Waals surface area (Å²) in [5, 5.41) is 6.37. The molecule has 5 nitrogen and oxygen atoms in total. The molecule has 0 radical (unpaired) electrons. The summed E-state index contributed by atoms with van der Waals surface area (Å²) in [4.78, 5) is 26.0. The Hall–Kier alpha value is -2.61. The average molecular weight is 422 g/mol. The van der Waals surface area contributed by atoms with E-state index in [1.807, 2.05) is 0 Å². The molecule has 0 spiro atoms. The number of H-pyrrole nitrogens is 1. The maximum absolute atomic E-state index is 13.7. The molecule has 1 heterocycles. The van der Waals surface area contributed by atoms with Crippen LogP contribution in [0.5, 0.6) is 0 Å². The highest BCUT2D eigenvalue weighted by Crippen LogP contribution is 2.26. The predicted molar refractivity (Wildman–Crippen MR) is 96.9 cm³/mol. The number of rotatable bonds is 3. The van der Waals surface area contributed by atoms with Crippen molar-refractivity contribution in [3.63, 3.8) is 0 Å². The Kier molecular flexibility index (Phi) is 4.86. The summed E-state index contributed by atoms with van der Waals surface area (Å²) in [6.07, 6.45) is 0. The second-order valence-electron chi connectivity index (χ2n) is 5.85.